The molecule has 1 atom stereocenters. The van der Waals surface area contributed by atoms with Crippen LogP contribution in [0.1, 0.15) is 20.3 Å². The first-order chi connectivity index (χ1) is 7.61. The number of hydrogen-bond donors (Lipinski definition) is 2. The number of nitrogens with two attached hydrogens (primary N) is 1. The van der Waals surface area contributed by atoms with Crippen molar-refractivity contribution in [1.29, 1.82) is 0 Å². The summed E-state index contributed by atoms with van der Waals surface area (Å²) >= 11 is 0. The fraction of sp³-hybridized carbons (Fsp3) is 1.00. The molecule has 1 rings (SSSR count). The van der Waals surface area contributed by atoms with Crippen molar-refractivity contribution in [2.45, 2.75) is 26.3 Å². The Morgan fingerprint density at radius 1 is 1.12 bits per heavy atom. The summed E-state index contributed by atoms with van der Waals surface area (Å²) in [6.07, 6.45) is 0.903. The summed E-state index contributed by atoms with van der Waals surface area (Å²) in [5.41, 5.74) is 5.70. The van der Waals surface area contributed by atoms with Gasteiger partial charge in [0.05, 0.1) is 6.61 Å². The molecule has 16 heavy (non-hydrogen) atoms. The second-order valence-corrected chi connectivity index (χ2v) is 5.27. The highest BCUT2D eigenvalue weighted by molar-refractivity contribution is 4.74. The maximum absolute atomic E-state index is 8.85. The van der Waals surface area contributed by atoms with Crippen LogP contribution in [0.3, 0.4) is 0 Å². The van der Waals surface area contributed by atoms with Gasteiger partial charge in [0.1, 0.15) is 0 Å². The lowest BCUT2D eigenvalue weighted by Crippen LogP contribution is -2.48. The number of aliphatic hydroxyl groups excluding tert-OH is 1. The fourth-order valence-electron chi connectivity index (χ4n) is 2.15. The van der Waals surface area contributed by atoms with Gasteiger partial charge in [-0.2, -0.15) is 0 Å². The van der Waals surface area contributed by atoms with Crippen molar-refractivity contribution in [2.75, 3.05) is 45.9 Å². The normalized spacial score (nSPS) is 21.6. The zero-order chi connectivity index (χ0) is 12.0. The molecule has 0 aromatic rings. The molecule has 1 heterocycles. The Bertz CT molecular complexity index is 179. The Morgan fingerprint density at radius 2 is 1.69 bits per heavy atom. The summed E-state index contributed by atoms with van der Waals surface area (Å²) in [5.74, 6) is 0.759. The first-order valence-corrected chi connectivity index (χ1v) is 6.43. The number of piperazine rings is 1. The molecule has 1 saturated heterocycles. The summed E-state index contributed by atoms with van der Waals surface area (Å²) in [5, 5.41) is 8.85. The van der Waals surface area contributed by atoms with Crippen LogP contribution in [-0.4, -0.2) is 66.8 Å². The average molecular weight is 229 g/mol. The Kier molecular flexibility index (Phi) is 6.28. The van der Waals surface area contributed by atoms with Crippen molar-refractivity contribution in [1.82, 2.24) is 9.80 Å². The first kappa shape index (κ1) is 13.9. The maximum atomic E-state index is 8.85. The third-order valence-corrected chi connectivity index (χ3v) is 3.14. The molecule has 0 radical (unpaired) electrons. The third-order valence-electron chi connectivity index (χ3n) is 3.14. The topological polar surface area (TPSA) is 52.7 Å². The van der Waals surface area contributed by atoms with Crippen molar-refractivity contribution < 1.29 is 5.11 Å². The summed E-state index contributed by atoms with van der Waals surface area (Å²) in [7, 11) is 0. The molecule has 0 aromatic heterocycles. The van der Waals surface area contributed by atoms with Crippen LogP contribution in [-0.2, 0) is 0 Å². The Morgan fingerprint density at radius 3 is 2.19 bits per heavy atom. The molecule has 4 nitrogen and oxygen atoms in total. The molecule has 1 aliphatic heterocycles. The van der Waals surface area contributed by atoms with E-state index in [1.165, 1.54) is 19.6 Å². The van der Waals surface area contributed by atoms with Gasteiger partial charge in [-0.1, -0.05) is 13.8 Å². The largest absolute Gasteiger partial charge is 0.395 e. The highest BCUT2D eigenvalue weighted by Gasteiger charge is 2.17. The van der Waals surface area contributed by atoms with Gasteiger partial charge in [-0.05, 0) is 18.9 Å². The van der Waals surface area contributed by atoms with E-state index in [1.54, 1.807) is 0 Å². The molecule has 1 fully saturated rings. The predicted molar refractivity (Wildman–Crippen MR) is 67.4 cm³/mol. The minimum absolute atomic E-state index is 0.0475. The van der Waals surface area contributed by atoms with Gasteiger partial charge in [-0.3, -0.25) is 0 Å². The molecule has 1 unspecified atom stereocenters. The van der Waals surface area contributed by atoms with Gasteiger partial charge in [0, 0.05) is 38.8 Å². The van der Waals surface area contributed by atoms with E-state index in [-0.39, 0.29) is 12.6 Å². The van der Waals surface area contributed by atoms with Gasteiger partial charge in [-0.25, -0.2) is 0 Å². The van der Waals surface area contributed by atoms with E-state index >= 15 is 0 Å². The van der Waals surface area contributed by atoms with Gasteiger partial charge in [0.15, 0.2) is 0 Å². The second-order valence-electron chi connectivity index (χ2n) is 5.27. The molecule has 4 heteroatoms. The minimum atomic E-state index is -0.0475. The summed E-state index contributed by atoms with van der Waals surface area (Å²) in [6, 6.07) is -0.0475. The Hall–Kier alpha value is -0.160. The Balaban J connectivity index is 2.12. The van der Waals surface area contributed by atoms with E-state index in [4.69, 9.17) is 10.8 Å². The predicted octanol–water partition coefficient (Wildman–Crippen LogP) is -0.0303. The van der Waals surface area contributed by atoms with Crippen LogP contribution < -0.4 is 5.73 Å². The van der Waals surface area contributed by atoms with Crippen LogP contribution in [0.25, 0.3) is 0 Å². The van der Waals surface area contributed by atoms with Crippen molar-refractivity contribution in [3.63, 3.8) is 0 Å². The number of rotatable bonds is 6. The van der Waals surface area contributed by atoms with Crippen molar-refractivity contribution >= 4 is 0 Å². The molecule has 0 aliphatic carbocycles. The van der Waals surface area contributed by atoms with E-state index in [9.17, 15) is 0 Å². The molecule has 0 saturated carbocycles. The molecule has 3 N–H and O–H groups in total. The smallest absolute Gasteiger partial charge is 0.0583 e. The van der Waals surface area contributed by atoms with E-state index < -0.39 is 0 Å². The lowest BCUT2D eigenvalue weighted by Gasteiger charge is -2.35. The molecule has 0 amide bonds. The molecular formula is C12H27N3O. The van der Waals surface area contributed by atoms with Gasteiger partial charge in [0.25, 0.3) is 0 Å². The SMILES string of the molecule is CC(C)CN1CCN(CCC(N)CO)CC1. The zero-order valence-electron chi connectivity index (χ0n) is 10.7. The number of nitrogens with zero attached hydrogens (tertiary/aromatic N) is 2. The van der Waals surface area contributed by atoms with Gasteiger partial charge >= 0.3 is 0 Å². The number of aliphatic hydroxyl groups is 1. The van der Waals surface area contributed by atoms with Gasteiger partial charge in [0.2, 0.25) is 0 Å². The summed E-state index contributed by atoms with van der Waals surface area (Å²) in [4.78, 5) is 4.99. The van der Waals surface area contributed by atoms with Crippen molar-refractivity contribution in [2.24, 2.45) is 11.7 Å². The average Bonchev–Trinajstić information content (AvgIpc) is 2.27. The van der Waals surface area contributed by atoms with Crippen LogP contribution in [0.2, 0.25) is 0 Å². The van der Waals surface area contributed by atoms with E-state index in [0.717, 1.165) is 32.0 Å². The monoisotopic (exact) mass is 229 g/mol. The second kappa shape index (κ2) is 7.22. The maximum Gasteiger partial charge on any atom is 0.0583 e. The van der Waals surface area contributed by atoms with Crippen LogP contribution in [0.5, 0.6) is 0 Å². The van der Waals surface area contributed by atoms with Crippen LogP contribution >= 0.6 is 0 Å². The molecule has 0 spiro atoms. The minimum Gasteiger partial charge on any atom is -0.395 e. The summed E-state index contributed by atoms with van der Waals surface area (Å²) in [6.45, 7) is 11.5. The lowest BCUT2D eigenvalue weighted by molar-refractivity contribution is 0.117. The summed E-state index contributed by atoms with van der Waals surface area (Å²) < 4.78 is 0. The third kappa shape index (κ3) is 5.25. The van der Waals surface area contributed by atoms with Crippen LogP contribution in [0.4, 0.5) is 0 Å². The molecule has 0 aromatic carbocycles. The molecule has 0 bridgehead atoms. The molecule has 1 aliphatic rings. The highest BCUT2D eigenvalue weighted by Crippen LogP contribution is 2.06. The molecule has 96 valence electrons. The fourth-order valence-corrected chi connectivity index (χ4v) is 2.15. The Labute approximate surface area is 99.4 Å². The van der Waals surface area contributed by atoms with Gasteiger partial charge < -0.3 is 20.6 Å². The highest BCUT2D eigenvalue weighted by atomic mass is 16.3. The number of hydrogen-bond acceptors (Lipinski definition) is 4. The van der Waals surface area contributed by atoms with Crippen molar-refractivity contribution in [3.8, 4) is 0 Å². The zero-order valence-corrected chi connectivity index (χ0v) is 10.7. The van der Waals surface area contributed by atoms with E-state index in [0.29, 0.717) is 0 Å². The quantitative estimate of drug-likeness (QED) is 0.671. The lowest BCUT2D eigenvalue weighted by atomic mass is 10.1. The van der Waals surface area contributed by atoms with Crippen LogP contribution in [0.15, 0.2) is 0 Å². The standard InChI is InChI=1S/C12H27N3O/c1-11(2)9-15-7-5-14(6-8-15)4-3-12(13)10-16/h11-12,16H,3-10,13H2,1-2H3. The van der Waals surface area contributed by atoms with E-state index in [1.807, 2.05) is 0 Å². The first-order valence-electron chi connectivity index (χ1n) is 6.43. The van der Waals surface area contributed by atoms with Crippen molar-refractivity contribution in [3.05, 3.63) is 0 Å². The van der Waals surface area contributed by atoms with Gasteiger partial charge in [-0.15, -0.1) is 0 Å². The van der Waals surface area contributed by atoms with E-state index in [2.05, 4.69) is 23.6 Å². The molecular weight excluding hydrogens is 202 g/mol. The van der Waals surface area contributed by atoms with Crippen LogP contribution in [0, 0.1) is 5.92 Å².